The number of Topliss-reactive ketones (excluding diaryl/α,β-unsaturated/α-hetero) is 1. The number of ketones is 1. The van der Waals surface area contributed by atoms with E-state index in [1.165, 1.54) is 13.1 Å². The summed E-state index contributed by atoms with van der Waals surface area (Å²) in [5.74, 6) is 0.793. The molecule has 0 aliphatic rings. The molecule has 4 heteroatoms. The number of hydrogen-bond acceptors (Lipinski definition) is 4. The van der Waals surface area contributed by atoms with Gasteiger partial charge in [-0.25, -0.2) is 0 Å². The third-order valence-electron chi connectivity index (χ3n) is 1.30. The second kappa shape index (κ2) is 3.82. The van der Waals surface area contributed by atoms with Crippen LogP contribution in [-0.2, 0) is 0 Å². The lowest BCUT2D eigenvalue weighted by molar-refractivity contribution is 0.0987. The minimum atomic E-state index is -0.0950. The first-order valence-electron chi connectivity index (χ1n) is 3.54. The average molecular weight is 166 g/mol. The van der Waals surface area contributed by atoms with E-state index in [1.807, 2.05) is 0 Å². The maximum atomic E-state index is 10.8. The number of carbonyl (C=O) groups is 1. The van der Waals surface area contributed by atoms with Crippen molar-refractivity contribution in [2.45, 2.75) is 6.92 Å². The van der Waals surface area contributed by atoms with E-state index in [2.05, 4.69) is 4.99 Å². The Morgan fingerprint density at radius 2 is 2.50 bits per heavy atom. The number of rotatable bonds is 3. The summed E-state index contributed by atoms with van der Waals surface area (Å²) in [6, 6.07) is 3.29. The number of nitrogens with two attached hydrogens (primary N) is 1. The molecule has 1 heterocycles. The molecule has 1 aromatic heterocycles. The lowest BCUT2D eigenvalue weighted by atomic mass is 10.3. The summed E-state index contributed by atoms with van der Waals surface area (Å²) in [7, 11) is 0. The van der Waals surface area contributed by atoms with E-state index in [9.17, 15) is 4.79 Å². The summed E-state index contributed by atoms with van der Waals surface area (Å²) in [5, 5.41) is 0. The summed E-state index contributed by atoms with van der Waals surface area (Å²) in [5.41, 5.74) is 5.14. The Labute approximate surface area is 70.1 Å². The molecule has 12 heavy (non-hydrogen) atoms. The van der Waals surface area contributed by atoms with Gasteiger partial charge >= 0.3 is 0 Å². The summed E-state index contributed by atoms with van der Waals surface area (Å²) in [6.45, 7) is 1.67. The highest BCUT2D eigenvalue weighted by atomic mass is 16.3. The molecule has 0 aliphatic carbocycles. The van der Waals surface area contributed by atoms with E-state index in [0.29, 0.717) is 11.5 Å². The Morgan fingerprint density at radius 3 is 3.00 bits per heavy atom. The van der Waals surface area contributed by atoms with Crippen molar-refractivity contribution in [3.05, 3.63) is 23.7 Å². The first kappa shape index (κ1) is 8.67. The third kappa shape index (κ3) is 2.03. The molecule has 0 saturated heterocycles. The second-order valence-corrected chi connectivity index (χ2v) is 2.25. The van der Waals surface area contributed by atoms with Gasteiger partial charge in [-0.3, -0.25) is 9.79 Å². The van der Waals surface area contributed by atoms with E-state index < -0.39 is 0 Å². The van der Waals surface area contributed by atoms with E-state index >= 15 is 0 Å². The van der Waals surface area contributed by atoms with Crippen LogP contribution in [0.2, 0.25) is 0 Å². The van der Waals surface area contributed by atoms with Crippen LogP contribution in [0.25, 0.3) is 0 Å². The van der Waals surface area contributed by atoms with Crippen molar-refractivity contribution in [3.8, 4) is 0 Å². The molecule has 0 spiro atoms. The lowest BCUT2D eigenvalue weighted by Crippen LogP contribution is -1.94. The second-order valence-electron chi connectivity index (χ2n) is 2.25. The van der Waals surface area contributed by atoms with Crippen LogP contribution >= 0.6 is 0 Å². The molecule has 1 aromatic rings. The number of aliphatic imine (C=N–C) groups is 1. The molecular weight excluding hydrogens is 156 g/mol. The molecular formula is C8H10N2O2. The zero-order chi connectivity index (χ0) is 8.97. The van der Waals surface area contributed by atoms with Gasteiger partial charge in [0.05, 0.1) is 12.9 Å². The minimum Gasteiger partial charge on any atom is -0.452 e. The zero-order valence-corrected chi connectivity index (χ0v) is 6.78. The fraction of sp³-hybridized carbons (Fsp3) is 0.250. The fourth-order valence-electron chi connectivity index (χ4n) is 0.754. The molecule has 2 N–H and O–H groups in total. The Morgan fingerprint density at radius 1 is 1.75 bits per heavy atom. The van der Waals surface area contributed by atoms with Gasteiger partial charge in [-0.15, -0.1) is 0 Å². The highest BCUT2D eigenvalue weighted by Crippen LogP contribution is 2.05. The molecule has 0 fully saturated rings. The largest absolute Gasteiger partial charge is 0.452 e. The van der Waals surface area contributed by atoms with Crippen molar-refractivity contribution >= 4 is 12.0 Å². The van der Waals surface area contributed by atoms with Crippen molar-refractivity contribution in [2.24, 2.45) is 10.7 Å². The quantitative estimate of drug-likeness (QED) is 0.533. The van der Waals surface area contributed by atoms with Crippen LogP contribution in [0.1, 0.15) is 23.2 Å². The molecule has 0 unspecified atom stereocenters. The first-order valence-corrected chi connectivity index (χ1v) is 3.54. The fourth-order valence-corrected chi connectivity index (χ4v) is 0.754. The van der Waals surface area contributed by atoms with Gasteiger partial charge in [-0.1, -0.05) is 0 Å². The normalized spacial score (nSPS) is 10.8. The zero-order valence-electron chi connectivity index (χ0n) is 6.78. The average Bonchev–Trinajstić information content (AvgIpc) is 2.48. The highest BCUT2D eigenvalue weighted by Gasteiger charge is 2.03. The van der Waals surface area contributed by atoms with Gasteiger partial charge in [-0.05, 0) is 12.1 Å². The van der Waals surface area contributed by atoms with Crippen molar-refractivity contribution < 1.29 is 9.21 Å². The lowest BCUT2D eigenvalue weighted by Gasteiger charge is -1.85. The first-order chi connectivity index (χ1) is 5.74. The molecule has 0 saturated carbocycles. The van der Waals surface area contributed by atoms with Crippen molar-refractivity contribution in [2.75, 3.05) is 6.67 Å². The molecule has 0 bridgehead atoms. The topological polar surface area (TPSA) is 68.6 Å². The van der Waals surface area contributed by atoms with Gasteiger partial charge in [0.2, 0.25) is 0 Å². The predicted octanol–water partition coefficient (Wildman–Crippen LogP) is 0.817. The van der Waals surface area contributed by atoms with Crippen LogP contribution < -0.4 is 5.73 Å². The Kier molecular flexibility index (Phi) is 2.76. The third-order valence-corrected chi connectivity index (χ3v) is 1.30. The van der Waals surface area contributed by atoms with E-state index in [0.717, 1.165) is 0 Å². The molecule has 0 aromatic carbocycles. The molecule has 0 radical (unpaired) electrons. The number of nitrogens with zero attached hydrogens (tertiary/aromatic N) is 1. The molecule has 0 aliphatic heterocycles. The highest BCUT2D eigenvalue weighted by molar-refractivity contribution is 5.92. The summed E-state index contributed by atoms with van der Waals surface area (Å²) in [6.07, 6.45) is 1.49. The maximum Gasteiger partial charge on any atom is 0.194 e. The Balaban J connectivity index is 2.77. The maximum absolute atomic E-state index is 10.8. The van der Waals surface area contributed by atoms with Gasteiger partial charge in [0, 0.05) is 6.92 Å². The van der Waals surface area contributed by atoms with Crippen LogP contribution in [0.5, 0.6) is 0 Å². The van der Waals surface area contributed by atoms with E-state index in [4.69, 9.17) is 10.2 Å². The van der Waals surface area contributed by atoms with Gasteiger partial charge < -0.3 is 10.2 Å². The van der Waals surface area contributed by atoms with Crippen molar-refractivity contribution in [1.29, 1.82) is 0 Å². The molecule has 1 rings (SSSR count). The van der Waals surface area contributed by atoms with Gasteiger partial charge in [0.25, 0.3) is 0 Å². The van der Waals surface area contributed by atoms with Gasteiger partial charge in [-0.2, -0.15) is 0 Å². The van der Waals surface area contributed by atoms with E-state index in [-0.39, 0.29) is 12.5 Å². The van der Waals surface area contributed by atoms with Crippen molar-refractivity contribution in [3.63, 3.8) is 0 Å². The molecule has 0 atom stereocenters. The van der Waals surface area contributed by atoms with Crippen LogP contribution in [0.4, 0.5) is 0 Å². The predicted molar refractivity (Wildman–Crippen MR) is 45.4 cm³/mol. The molecule has 0 amide bonds. The molecule has 4 nitrogen and oxygen atoms in total. The van der Waals surface area contributed by atoms with E-state index in [1.54, 1.807) is 12.1 Å². The SMILES string of the molecule is CC(=O)c1ccc(/C=N/CN)o1. The van der Waals surface area contributed by atoms with Crippen LogP contribution in [0.3, 0.4) is 0 Å². The Bertz CT molecular complexity index is 302. The smallest absolute Gasteiger partial charge is 0.194 e. The standard InChI is InChI=1S/C8H10N2O2/c1-6(11)8-3-2-7(12-8)4-10-5-9/h2-4H,5,9H2,1H3/b10-4+. The van der Waals surface area contributed by atoms with Crippen molar-refractivity contribution in [1.82, 2.24) is 0 Å². The van der Waals surface area contributed by atoms with Gasteiger partial charge in [0.1, 0.15) is 5.76 Å². The number of hydrogen-bond donors (Lipinski definition) is 1. The minimum absolute atomic E-state index is 0.0950. The van der Waals surface area contributed by atoms with Crippen LogP contribution in [0, 0.1) is 0 Å². The van der Waals surface area contributed by atoms with Crippen LogP contribution in [0.15, 0.2) is 21.5 Å². The van der Waals surface area contributed by atoms with Gasteiger partial charge in [0.15, 0.2) is 11.5 Å². The number of carbonyl (C=O) groups excluding carboxylic acids is 1. The molecule has 64 valence electrons. The summed E-state index contributed by atoms with van der Waals surface area (Å²) >= 11 is 0. The number of furan rings is 1. The Hall–Kier alpha value is -1.42. The summed E-state index contributed by atoms with van der Waals surface area (Å²) in [4.78, 5) is 14.5. The van der Waals surface area contributed by atoms with Crippen LogP contribution in [-0.4, -0.2) is 18.7 Å². The monoisotopic (exact) mass is 166 g/mol. The summed E-state index contributed by atoms with van der Waals surface area (Å²) < 4.78 is 5.09.